The van der Waals surface area contributed by atoms with Crippen LogP contribution in [0, 0.1) is 10.1 Å². The smallest absolute Gasteiger partial charge is 0.292 e. The number of piperazine rings is 1. The van der Waals surface area contributed by atoms with Crippen LogP contribution in [0.3, 0.4) is 0 Å². The van der Waals surface area contributed by atoms with E-state index in [0.29, 0.717) is 38.4 Å². The van der Waals surface area contributed by atoms with E-state index in [-0.39, 0.29) is 22.6 Å². The van der Waals surface area contributed by atoms with Crippen LogP contribution in [0.15, 0.2) is 48.5 Å². The summed E-state index contributed by atoms with van der Waals surface area (Å²) in [7, 11) is 1.65. The number of para-hydroxylation sites is 2. The summed E-state index contributed by atoms with van der Waals surface area (Å²) in [4.78, 5) is 29.9. The van der Waals surface area contributed by atoms with E-state index in [0.717, 1.165) is 17.9 Å². The summed E-state index contributed by atoms with van der Waals surface area (Å²) in [6.07, 6.45) is 0. The molecule has 0 saturated carbocycles. The molecule has 0 bridgehead atoms. The van der Waals surface area contributed by atoms with Crippen LogP contribution < -0.4 is 9.64 Å². The topological polar surface area (TPSA) is 79.2 Å². The zero-order valence-corrected chi connectivity index (χ0v) is 18.4. The third-order valence-corrected chi connectivity index (χ3v) is 5.92. The molecule has 3 rings (SSSR count). The highest BCUT2D eigenvalue weighted by atomic mass is 16.6. The van der Waals surface area contributed by atoms with Gasteiger partial charge in [-0.15, -0.1) is 0 Å². The molecule has 1 aliphatic heterocycles. The lowest BCUT2D eigenvalue weighted by Gasteiger charge is -2.37. The number of nitrogens with zero attached hydrogens (tertiary/aromatic N) is 4. The summed E-state index contributed by atoms with van der Waals surface area (Å²) in [6, 6.07) is 14.8. The average molecular weight is 427 g/mol. The predicted octanol–water partition coefficient (Wildman–Crippen LogP) is 3.34. The monoisotopic (exact) mass is 426 g/mol. The summed E-state index contributed by atoms with van der Waals surface area (Å²) in [5.74, 6) is 0.886. The molecule has 0 radical (unpaired) electrons. The highest BCUT2D eigenvalue weighted by Crippen LogP contribution is 2.28. The fraction of sp³-hybridized carbons (Fsp3) is 0.435. The maximum Gasteiger partial charge on any atom is 0.292 e. The fourth-order valence-corrected chi connectivity index (χ4v) is 3.99. The highest BCUT2D eigenvalue weighted by molar-refractivity contribution is 5.79. The van der Waals surface area contributed by atoms with Crippen molar-refractivity contribution in [1.29, 1.82) is 0 Å². The zero-order valence-electron chi connectivity index (χ0n) is 18.4. The first-order valence-electron chi connectivity index (χ1n) is 10.6. The summed E-state index contributed by atoms with van der Waals surface area (Å²) >= 11 is 0. The van der Waals surface area contributed by atoms with Crippen molar-refractivity contribution in [2.45, 2.75) is 19.9 Å². The Balaban J connectivity index is 1.60. The Morgan fingerprint density at radius 1 is 1.16 bits per heavy atom. The molecule has 2 aromatic rings. The lowest BCUT2D eigenvalue weighted by atomic mass is 10.1. The number of rotatable bonds is 8. The fourth-order valence-electron chi connectivity index (χ4n) is 3.99. The molecule has 1 fully saturated rings. The van der Waals surface area contributed by atoms with Crippen molar-refractivity contribution >= 4 is 17.3 Å². The first-order chi connectivity index (χ1) is 14.9. The number of carbonyl (C=O) groups is 1. The molecule has 1 unspecified atom stereocenters. The second kappa shape index (κ2) is 10.3. The molecule has 0 aliphatic carbocycles. The number of hydrogen-bond donors (Lipinski definition) is 0. The van der Waals surface area contributed by atoms with Crippen LogP contribution in [0.25, 0.3) is 0 Å². The van der Waals surface area contributed by atoms with Gasteiger partial charge in [0, 0.05) is 38.3 Å². The van der Waals surface area contributed by atoms with Crippen LogP contribution in [0.4, 0.5) is 11.4 Å². The first-order valence-corrected chi connectivity index (χ1v) is 10.6. The van der Waals surface area contributed by atoms with Crippen LogP contribution in [-0.4, -0.2) is 67.0 Å². The van der Waals surface area contributed by atoms with E-state index in [1.165, 1.54) is 6.07 Å². The quantitative estimate of drug-likeness (QED) is 0.476. The average Bonchev–Trinajstić information content (AvgIpc) is 2.82. The van der Waals surface area contributed by atoms with Gasteiger partial charge in [0.2, 0.25) is 5.91 Å². The zero-order chi connectivity index (χ0) is 22.4. The molecule has 1 atom stereocenters. The molecular weight excluding hydrogens is 396 g/mol. The van der Waals surface area contributed by atoms with Crippen molar-refractivity contribution < 1.29 is 14.5 Å². The third-order valence-electron chi connectivity index (χ3n) is 5.92. The third kappa shape index (κ3) is 5.32. The van der Waals surface area contributed by atoms with Gasteiger partial charge in [0.15, 0.2) is 0 Å². The number of hydrogen-bond acceptors (Lipinski definition) is 6. The number of carbonyl (C=O) groups excluding carboxylic acids is 1. The maximum atomic E-state index is 13.0. The van der Waals surface area contributed by atoms with Crippen molar-refractivity contribution in [3.05, 3.63) is 64.2 Å². The van der Waals surface area contributed by atoms with Crippen LogP contribution >= 0.6 is 0 Å². The normalized spacial score (nSPS) is 15.1. The van der Waals surface area contributed by atoms with Gasteiger partial charge in [-0.2, -0.15) is 0 Å². The Labute approximate surface area is 183 Å². The van der Waals surface area contributed by atoms with Crippen LogP contribution in [0.2, 0.25) is 0 Å². The Morgan fingerprint density at radius 3 is 2.52 bits per heavy atom. The summed E-state index contributed by atoms with van der Waals surface area (Å²) in [5.41, 5.74) is 1.82. The number of nitro groups is 1. The minimum Gasteiger partial charge on any atom is -0.497 e. The van der Waals surface area contributed by atoms with Gasteiger partial charge in [-0.25, -0.2) is 0 Å². The van der Waals surface area contributed by atoms with Crippen LogP contribution in [-0.2, 0) is 4.79 Å². The second-order valence-corrected chi connectivity index (χ2v) is 7.63. The molecule has 31 heavy (non-hydrogen) atoms. The first kappa shape index (κ1) is 22.6. The molecule has 2 aromatic carbocycles. The summed E-state index contributed by atoms with van der Waals surface area (Å²) in [6.45, 7) is 7.49. The van der Waals surface area contributed by atoms with E-state index in [4.69, 9.17) is 4.74 Å². The van der Waals surface area contributed by atoms with Crippen molar-refractivity contribution in [3.63, 3.8) is 0 Å². The molecule has 1 saturated heterocycles. The Hall–Kier alpha value is -3.13. The van der Waals surface area contributed by atoms with Gasteiger partial charge < -0.3 is 14.5 Å². The van der Waals surface area contributed by atoms with Crippen LogP contribution in [0.5, 0.6) is 5.75 Å². The molecule has 0 spiro atoms. The van der Waals surface area contributed by atoms with Gasteiger partial charge in [0.25, 0.3) is 5.69 Å². The minimum atomic E-state index is -0.355. The Bertz CT molecular complexity index is 912. The predicted molar refractivity (Wildman–Crippen MR) is 121 cm³/mol. The Morgan fingerprint density at radius 2 is 1.87 bits per heavy atom. The van der Waals surface area contributed by atoms with Crippen LogP contribution in [0.1, 0.15) is 25.5 Å². The van der Waals surface area contributed by atoms with Gasteiger partial charge in [-0.1, -0.05) is 31.2 Å². The lowest BCUT2D eigenvalue weighted by molar-refractivity contribution is -0.384. The molecule has 0 aromatic heterocycles. The van der Waals surface area contributed by atoms with Crippen molar-refractivity contribution in [3.8, 4) is 5.75 Å². The van der Waals surface area contributed by atoms with Gasteiger partial charge in [0.1, 0.15) is 11.4 Å². The van der Waals surface area contributed by atoms with Gasteiger partial charge >= 0.3 is 0 Å². The molecular formula is C23H30N4O4. The second-order valence-electron chi connectivity index (χ2n) is 7.63. The van der Waals surface area contributed by atoms with E-state index in [1.54, 1.807) is 25.3 Å². The van der Waals surface area contributed by atoms with E-state index in [9.17, 15) is 14.9 Å². The molecule has 1 amide bonds. The lowest BCUT2D eigenvalue weighted by Crippen LogP contribution is -2.51. The molecule has 166 valence electrons. The molecule has 8 nitrogen and oxygen atoms in total. The van der Waals surface area contributed by atoms with Crippen molar-refractivity contribution in [2.24, 2.45) is 0 Å². The van der Waals surface area contributed by atoms with E-state index < -0.39 is 0 Å². The largest absolute Gasteiger partial charge is 0.497 e. The number of anilines is 1. The molecule has 1 aliphatic rings. The number of benzene rings is 2. The minimum absolute atomic E-state index is 0.0808. The molecule has 8 heteroatoms. The number of methoxy groups -OCH3 is 1. The van der Waals surface area contributed by atoms with E-state index in [1.807, 2.05) is 34.1 Å². The van der Waals surface area contributed by atoms with E-state index in [2.05, 4.69) is 18.7 Å². The standard InChI is InChI=1S/C23H30N4O4/c1-4-24(18(2)19-8-7-9-20(16-19)31-3)17-23(28)26-14-12-25(13-15-26)21-10-5-6-11-22(21)27(29)30/h5-11,16,18H,4,12-15,17H2,1-3H3. The number of likely N-dealkylation sites (N-methyl/N-ethyl adjacent to an activating group) is 1. The number of nitro benzene ring substituents is 1. The maximum absolute atomic E-state index is 13.0. The van der Waals surface area contributed by atoms with E-state index >= 15 is 0 Å². The van der Waals surface area contributed by atoms with Crippen molar-refractivity contribution in [2.75, 3.05) is 51.3 Å². The summed E-state index contributed by atoms with van der Waals surface area (Å²) < 4.78 is 5.32. The van der Waals surface area contributed by atoms with Crippen molar-refractivity contribution in [1.82, 2.24) is 9.80 Å². The van der Waals surface area contributed by atoms with Gasteiger partial charge in [0.05, 0.1) is 18.6 Å². The molecule has 1 heterocycles. The summed E-state index contributed by atoms with van der Waals surface area (Å²) in [5, 5.41) is 11.3. The molecule has 0 N–H and O–H groups in total. The van der Waals surface area contributed by atoms with Gasteiger partial charge in [-0.05, 0) is 37.2 Å². The van der Waals surface area contributed by atoms with Gasteiger partial charge in [-0.3, -0.25) is 19.8 Å². The number of ether oxygens (including phenoxy) is 1. The highest BCUT2D eigenvalue weighted by Gasteiger charge is 2.27. The number of amides is 1. The Kier molecular flexibility index (Phi) is 7.46. The SMILES string of the molecule is CCN(CC(=O)N1CCN(c2ccccc2[N+](=O)[O-])CC1)C(C)c1cccc(OC)c1.